The molecule has 1 atom stereocenters. The predicted molar refractivity (Wildman–Crippen MR) is 73.3 cm³/mol. The van der Waals surface area contributed by atoms with Crippen LogP contribution in [0.2, 0.25) is 5.02 Å². The second-order valence-electron chi connectivity index (χ2n) is 5.16. The molecule has 0 radical (unpaired) electrons. The smallest absolute Gasteiger partial charge is 0.325 e. The summed E-state index contributed by atoms with van der Waals surface area (Å²) in [5, 5.41) is 13.0. The van der Waals surface area contributed by atoms with Gasteiger partial charge in [-0.2, -0.15) is 0 Å². The number of carboxylic acids is 1. The Kier molecular flexibility index (Phi) is 3.72. The monoisotopic (exact) mass is 297 g/mol. The molecule has 0 amide bonds. The zero-order valence-corrected chi connectivity index (χ0v) is 11.7. The fourth-order valence-electron chi connectivity index (χ4n) is 2.79. The van der Waals surface area contributed by atoms with Gasteiger partial charge in [-0.25, -0.2) is 0 Å². The van der Waals surface area contributed by atoms with Gasteiger partial charge in [-0.05, 0) is 30.5 Å². The van der Waals surface area contributed by atoms with Gasteiger partial charge in [0.2, 0.25) is 6.79 Å². The maximum absolute atomic E-state index is 11.5. The number of hydrogen-bond donors (Lipinski definition) is 2. The van der Waals surface area contributed by atoms with Crippen molar-refractivity contribution in [3.63, 3.8) is 0 Å². The van der Waals surface area contributed by atoms with E-state index >= 15 is 0 Å². The summed E-state index contributed by atoms with van der Waals surface area (Å²) in [6.07, 6.45) is 4.32. The minimum Gasteiger partial charge on any atom is -0.480 e. The average Bonchev–Trinajstić information content (AvgIpc) is 3.06. The molecule has 1 aliphatic heterocycles. The second kappa shape index (κ2) is 5.50. The first-order chi connectivity index (χ1) is 9.65. The highest BCUT2D eigenvalue weighted by molar-refractivity contribution is 6.32. The Balaban J connectivity index is 1.87. The summed E-state index contributed by atoms with van der Waals surface area (Å²) in [6, 6.07) is 2.80. The molecule has 1 aromatic rings. The number of halogens is 1. The molecule has 1 saturated carbocycles. The second-order valence-corrected chi connectivity index (χ2v) is 5.56. The number of hydrogen-bond acceptors (Lipinski definition) is 4. The summed E-state index contributed by atoms with van der Waals surface area (Å²) in [4.78, 5) is 11.5. The molecule has 0 saturated heterocycles. The molecular weight excluding hydrogens is 282 g/mol. The summed E-state index contributed by atoms with van der Waals surface area (Å²) in [6.45, 7) is 0.117. The van der Waals surface area contributed by atoms with Crippen molar-refractivity contribution in [2.45, 2.75) is 37.8 Å². The van der Waals surface area contributed by atoms with Gasteiger partial charge in [-0.3, -0.25) is 10.1 Å². The zero-order valence-electron chi connectivity index (χ0n) is 10.9. The minimum atomic E-state index is -0.910. The van der Waals surface area contributed by atoms with Crippen LogP contribution in [0.3, 0.4) is 0 Å². The highest BCUT2D eigenvalue weighted by atomic mass is 35.5. The Bertz CT molecular complexity index is 528. The Morgan fingerprint density at radius 2 is 2.10 bits per heavy atom. The molecule has 0 spiro atoms. The molecule has 6 heteroatoms. The fraction of sp³-hybridized carbons (Fsp3) is 0.500. The molecule has 20 heavy (non-hydrogen) atoms. The van der Waals surface area contributed by atoms with Crippen LogP contribution in [0.1, 0.15) is 37.3 Å². The molecule has 1 aliphatic carbocycles. The van der Waals surface area contributed by atoms with Crippen molar-refractivity contribution < 1.29 is 19.4 Å². The zero-order chi connectivity index (χ0) is 14.1. The molecular formula is C14H16ClNO4. The van der Waals surface area contributed by atoms with Crippen molar-refractivity contribution in [1.29, 1.82) is 0 Å². The Hall–Kier alpha value is -1.46. The van der Waals surface area contributed by atoms with Gasteiger partial charge in [-0.1, -0.05) is 24.4 Å². The maximum Gasteiger partial charge on any atom is 0.325 e. The van der Waals surface area contributed by atoms with Crippen molar-refractivity contribution in [2.75, 3.05) is 6.79 Å². The first kappa shape index (κ1) is 13.5. The normalized spacial score (nSPS) is 19.2. The van der Waals surface area contributed by atoms with Crippen LogP contribution in [-0.4, -0.2) is 23.9 Å². The Labute approximate surface area is 121 Å². The van der Waals surface area contributed by atoms with Gasteiger partial charge in [0.05, 0.1) is 5.02 Å². The SMILES string of the molecule is O=C(O)C(NC1CCCC1)c1cc(Cl)c2c(c1)OCO2. The van der Waals surface area contributed by atoms with Gasteiger partial charge in [0.25, 0.3) is 0 Å². The number of rotatable bonds is 4. The van der Waals surface area contributed by atoms with Crippen molar-refractivity contribution >= 4 is 17.6 Å². The van der Waals surface area contributed by atoms with Crippen molar-refractivity contribution in [3.8, 4) is 11.5 Å². The third-order valence-electron chi connectivity index (χ3n) is 3.79. The molecule has 2 aliphatic rings. The first-order valence-corrected chi connectivity index (χ1v) is 7.11. The van der Waals surface area contributed by atoms with Gasteiger partial charge in [0.15, 0.2) is 11.5 Å². The maximum atomic E-state index is 11.5. The average molecular weight is 298 g/mol. The van der Waals surface area contributed by atoms with E-state index in [1.165, 1.54) is 0 Å². The van der Waals surface area contributed by atoms with Crippen molar-refractivity contribution in [2.24, 2.45) is 0 Å². The summed E-state index contributed by atoms with van der Waals surface area (Å²) < 4.78 is 10.5. The molecule has 2 N–H and O–H groups in total. The van der Waals surface area contributed by atoms with Crippen LogP contribution < -0.4 is 14.8 Å². The number of benzene rings is 1. The molecule has 108 valence electrons. The molecule has 3 rings (SSSR count). The molecule has 5 nitrogen and oxygen atoms in total. The van der Waals surface area contributed by atoms with Crippen LogP contribution in [-0.2, 0) is 4.79 Å². The number of carbonyl (C=O) groups is 1. The van der Waals surface area contributed by atoms with Crippen LogP contribution in [0, 0.1) is 0 Å². The Morgan fingerprint density at radius 1 is 1.35 bits per heavy atom. The third-order valence-corrected chi connectivity index (χ3v) is 4.07. The van der Waals surface area contributed by atoms with Gasteiger partial charge in [-0.15, -0.1) is 0 Å². The van der Waals surface area contributed by atoms with Gasteiger partial charge >= 0.3 is 5.97 Å². The van der Waals surface area contributed by atoms with E-state index in [0.717, 1.165) is 25.7 Å². The molecule has 1 fully saturated rings. The number of nitrogens with one attached hydrogen (secondary N) is 1. The van der Waals surface area contributed by atoms with Crippen LogP contribution in [0.4, 0.5) is 0 Å². The van der Waals surface area contributed by atoms with E-state index in [2.05, 4.69) is 5.32 Å². The number of aliphatic carboxylic acids is 1. The molecule has 1 heterocycles. The lowest BCUT2D eigenvalue weighted by molar-refractivity contribution is -0.139. The molecule has 1 aromatic carbocycles. The largest absolute Gasteiger partial charge is 0.480 e. The predicted octanol–water partition coefficient (Wildman–Crippen LogP) is 2.73. The van der Waals surface area contributed by atoms with Crippen LogP contribution >= 0.6 is 11.6 Å². The standard InChI is InChI=1S/C14H16ClNO4/c15-10-5-8(6-11-13(10)20-7-19-11)12(14(17)18)16-9-3-1-2-4-9/h5-6,9,12,16H,1-4,7H2,(H,17,18). The first-order valence-electron chi connectivity index (χ1n) is 6.73. The van der Waals surface area contributed by atoms with Gasteiger partial charge in [0, 0.05) is 6.04 Å². The van der Waals surface area contributed by atoms with Crippen LogP contribution in [0.25, 0.3) is 0 Å². The fourth-order valence-corrected chi connectivity index (χ4v) is 3.07. The molecule has 0 bridgehead atoms. The van der Waals surface area contributed by atoms with Gasteiger partial charge in [0.1, 0.15) is 6.04 Å². The minimum absolute atomic E-state index is 0.117. The topological polar surface area (TPSA) is 67.8 Å². The van der Waals surface area contributed by atoms with E-state index in [4.69, 9.17) is 21.1 Å². The quantitative estimate of drug-likeness (QED) is 0.894. The lowest BCUT2D eigenvalue weighted by Crippen LogP contribution is -2.35. The molecule has 0 aromatic heterocycles. The number of ether oxygens (including phenoxy) is 2. The van der Waals surface area contributed by atoms with E-state index in [1.807, 2.05) is 0 Å². The van der Waals surface area contributed by atoms with E-state index in [-0.39, 0.29) is 12.8 Å². The van der Waals surface area contributed by atoms with E-state index < -0.39 is 12.0 Å². The summed E-state index contributed by atoms with van der Waals surface area (Å²) >= 11 is 6.11. The number of carboxylic acid groups (broad SMARTS) is 1. The van der Waals surface area contributed by atoms with Gasteiger partial charge < -0.3 is 14.6 Å². The Morgan fingerprint density at radius 3 is 2.80 bits per heavy atom. The third kappa shape index (κ3) is 2.55. The summed E-state index contributed by atoms with van der Waals surface area (Å²) in [7, 11) is 0. The van der Waals surface area contributed by atoms with Crippen molar-refractivity contribution in [3.05, 3.63) is 22.7 Å². The lowest BCUT2D eigenvalue weighted by Gasteiger charge is -2.20. The van der Waals surface area contributed by atoms with Crippen LogP contribution in [0.15, 0.2) is 12.1 Å². The molecule has 1 unspecified atom stereocenters. The summed E-state index contributed by atoms with van der Waals surface area (Å²) in [5.41, 5.74) is 0.596. The highest BCUT2D eigenvalue weighted by Crippen LogP contribution is 2.41. The van der Waals surface area contributed by atoms with E-state index in [0.29, 0.717) is 22.1 Å². The number of fused-ring (bicyclic) bond motifs is 1. The van der Waals surface area contributed by atoms with Crippen LogP contribution in [0.5, 0.6) is 11.5 Å². The van der Waals surface area contributed by atoms with E-state index in [1.54, 1.807) is 12.1 Å². The van der Waals surface area contributed by atoms with E-state index in [9.17, 15) is 9.90 Å². The lowest BCUT2D eigenvalue weighted by atomic mass is 10.0. The van der Waals surface area contributed by atoms with Crippen molar-refractivity contribution in [1.82, 2.24) is 5.32 Å². The highest BCUT2D eigenvalue weighted by Gasteiger charge is 2.28. The summed E-state index contributed by atoms with van der Waals surface area (Å²) in [5.74, 6) is 0.0826.